The fourth-order valence-corrected chi connectivity index (χ4v) is 1.59. The Balaban J connectivity index is 2.13. The van der Waals surface area contributed by atoms with Crippen LogP contribution in [0.15, 0.2) is 0 Å². The molecule has 0 aromatic rings. The molecule has 0 spiro atoms. The maximum absolute atomic E-state index is 11.5. The van der Waals surface area contributed by atoms with Gasteiger partial charge in [0.25, 0.3) is 0 Å². The molecule has 0 bridgehead atoms. The SMILES string of the molecule is CNCC(C)C(=O)NCC1CCCO1. The lowest BCUT2D eigenvalue weighted by Crippen LogP contribution is -2.38. The number of amides is 1. The second-order valence-electron chi connectivity index (χ2n) is 3.84. The van der Waals surface area contributed by atoms with Crippen molar-refractivity contribution in [3.8, 4) is 0 Å². The molecule has 2 N–H and O–H groups in total. The smallest absolute Gasteiger partial charge is 0.224 e. The number of carbonyl (C=O) groups excluding carboxylic acids is 1. The molecule has 0 radical (unpaired) electrons. The molecule has 1 saturated heterocycles. The maximum Gasteiger partial charge on any atom is 0.224 e. The number of carbonyl (C=O) groups is 1. The first kappa shape index (κ1) is 11.5. The van der Waals surface area contributed by atoms with Gasteiger partial charge < -0.3 is 15.4 Å². The number of hydrogen-bond acceptors (Lipinski definition) is 3. The van der Waals surface area contributed by atoms with Crippen LogP contribution in [0.5, 0.6) is 0 Å². The highest BCUT2D eigenvalue weighted by atomic mass is 16.5. The monoisotopic (exact) mass is 200 g/mol. The normalized spacial score (nSPS) is 23.4. The molecule has 1 amide bonds. The Morgan fingerprint density at radius 1 is 1.64 bits per heavy atom. The summed E-state index contributed by atoms with van der Waals surface area (Å²) < 4.78 is 5.41. The van der Waals surface area contributed by atoms with Crippen molar-refractivity contribution in [3.63, 3.8) is 0 Å². The summed E-state index contributed by atoms with van der Waals surface area (Å²) in [6.07, 6.45) is 2.42. The molecule has 0 aliphatic carbocycles. The zero-order chi connectivity index (χ0) is 10.4. The molecule has 2 atom stereocenters. The van der Waals surface area contributed by atoms with E-state index in [4.69, 9.17) is 4.74 Å². The topological polar surface area (TPSA) is 50.4 Å². The van der Waals surface area contributed by atoms with Gasteiger partial charge in [0.15, 0.2) is 0 Å². The molecule has 1 heterocycles. The Morgan fingerprint density at radius 3 is 3.00 bits per heavy atom. The average Bonchev–Trinajstić information content (AvgIpc) is 2.67. The van der Waals surface area contributed by atoms with Crippen LogP contribution in [0, 0.1) is 5.92 Å². The van der Waals surface area contributed by atoms with Crippen LogP contribution in [0.2, 0.25) is 0 Å². The van der Waals surface area contributed by atoms with Crippen molar-refractivity contribution in [2.45, 2.75) is 25.9 Å². The minimum atomic E-state index is 0.0291. The van der Waals surface area contributed by atoms with Crippen molar-refractivity contribution in [2.75, 3.05) is 26.7 Å². The van der Waals surface area contributed by atoms with Gasteiger partial charge in [-0.3, -0.25) is 4.79 Å². The van der Waals surface area contributed by atoms with E-state index < -0.39 is 0 Å². The molecule has 0 saturated carbocycles. The van der Waals surface area contributed by atoms with Gasteiger partial charge in [-0.1, -0.05) is 6.92 Å². The van der Waals surface area contributed by atoms with Crippen molar-refractivity contribution in [1.29, 1.82) is 0 Å². The van der Waals surface area contributed by atoms with Crippen LogP contribution in [-0.4, -0.2) is 38.8 Å². The quantitative estimate of drug-likeness (QED) is 0.663. The van der Waals surface area contributed by atoms with Gasteiger partial charge in [0.1, 0.15) is 0 Å². The van der Waals surface area contributed by atoms with E-state index in [-0.39, 0.29) is 17.9 Å². The molecule has 82 valence electrons. The zero-order valence-corrected chi connectivity index (χ0v) is 9.01. The Morgan fingerprint density at radius 2 is 2.43 bits per heavy atom. The summed E-state index contributed by atoms with van der Waals surface area (Å²) in [6.45, 7) is 4.14. The second kappa shape index (κ2) is 5.98. The Kier molecular flexibility index (Phi) is 4.90. The standard InChI is InChI=1S/C10H20N2O2/c1-8(6-11-2)10(13)12-7-9-4-3-5-14-9/h8-9,11H,3-7H2,1-2H3,(H,12,13). The number of ether oxygens (including phenoxy) is 1. The summed E-state index contributed by atoms with van der Waals surface area (Å²) >= 11 is 0. The zero-order valence-electron chi connectivity index (χ0n) is 9.01. The fourth-order valence-electron chi connectivity index (χ4n) is 1.59. The van der Waals surface area contributed by atoms with Crippen LogP contribution in [-0.2, 0) is 9.53 Å². The lowest BCUT2D eigenvalue weighted by Gasteiger charge is -2.14. The minimum absolute atomic E-state index is 0.0291. The molecule has 2 unspecified atom stereocenters. The fraction of sp³-hybridized carbons (Fsp3) is 0.900. The number of nitrogens with one attached hydrogen (secondary N) is 2. The Hall–Kier alpha value is -0.610. The van der Waals surface area contributed by atoms with Crippen LogP contribution < -0.4 is 10.6 Å². The highest BCUT2D eigenvalue weighted by Crippen LogP contribution is 2.10. The average molecular weight is 200 g/mol. The van der Waals surface area contributed by atoms with Crippen molar-refractivity contribution < 1.29 is 9.53 Å². The second-order valence-corrected chi connectivity index (χ2v) is 3.84. The third-order valence-electron chi connectivity index (χ3n) is 2.49. The predicted octanol–water partition coefficient (Wildman–Crippen LogP) is 0.137. The van der Waals surface area contributed by atoms with Gasteiger partial charge in [-0.05, 0) is 19.9 Å². The minimum Gasteiger partial charge on any atom is -0.376 e. The van der Waals surface area contributed by atoms with Crippen molar-refractivity contribution in [1.82, 2.24) is 10.6 Å². The molecule has 1 aliphatic rings. The van der Waals surface area contributed by atoms with E-state index >= 15 is 0 Å². The molecule has 0 aromatic heterocycles. The highest BCUT2D eigenvalue weighted by molar-refractivity contribution is 5.78. The lowest BCUT2D eigenvalue weighted by molar-refractivity contribution is -0.124. The van der Waals surface area contributed by atoms with Gasteiger partial charge in [0, 0.05) is 25.6 Å². The molecule has 4 heteroatoms. The van der Waals surface area contributed by atoms with Crippen molar-refractivity contribution >= 4 is 5.91 Å². The van der Waals surface area contributed by atoms with E-state index in [1.807, 2.05) is 14.0 Å². The van der Waals surface area contributed by atoms with E-state index in [0.717, 1.165) is 26.0 Å². The van der Waals surface area contributed by atoms with Crippen LogP contribution in [0.1, 0.15) is 19.8 Å². The Labute approximate surface area is 85.4 Å². The van der Waals surface area contributed by atoms with Gasteiger partial charge in [0.05, 0.1) is 6.10 Å². The molecule has 14 heavy (non-hydrogen) atoms. The molecule has 4 nitrogen and oxygen atoms in total. The first-order valence-corrected chi connectivity index (χ1v) is 5.28. The van der Waals surface area contributed by atoms with Gasteiger partial charge >= 0.3 is 0 Å². The summed E-state index contributed by atoms with van der Waals surface area (Å²) in [4.78, 5) is 11.5. The molecule has 1 rings (SSSR count). The summed E-state index contributed by atoms with van der Waals surface area (Å²) in [5.74, 6) is 0.135. The molecule has 1 fully saturated rings. The van der Waals surface area contributed by atoms with Gasteiger partial charge in [-0.2, -0.15) is 0 Å². The van der Waals surface area contributed by atoms with E-state index in [0.29, 0.717) is 6.54 Å². The number of rotatable bonds is 5. The van der Waals surface area contributed by atoms with Crippen LogP contribution >= 0.6 is 0 Å². The lowest BCUT2D eigenvalue weighted by atomic mass is 10.1. The molecular weight excluding hydrogens is 180 g/mol. The summed E-state index contributed by atoms with van der Waals surface area (Å²) in [7, 11) is 1.85. The third-order valence-corrected chi connectivity index (χ3v) is 2.49. The highest BCUT2D eigenvalue weighted by Gasteiger charge is 2.18. The van der Waals surface area contributed by atoms with Crippen molar-refractivity contribution in [3.05, 3.63) is 0 Å². The van der Waals surface area contributed by atoms with E-state index in [9.17, 15) is 4.79 Å². The van der Waals surface area contributed by atoms with E-state index in [1.54, 1.807) is 0 Å². The van der Waals surface area contributed by atoms with Gasteiger partial charge in [0.2, 0.25) is 5.91 Å². The Bertz CT molecular complexity index is 179. The van der Waals surface area contributed by atoms with Crippen LogP contribution in [0.4, 0.5) is 0 Å². The third kappa shape index (κ3) is 3.64. The largest absolute Gasteiger partial charge is 0.376 e. The molecule has 0 aromatic carbocycles. The molecular formula is C10H20N2O2. The predicted molar refractivity (Wildman–Crippen MR) is 55.1 cm³/mol. The van der Waals surface area contributed by atoms with E-state index in [2.05, 4.69) is 10.6 Å². The summed E-state index contributed by atoms with van der Waals surface area (Å²) in [5, 5.41) is 5.89. The van der Waals surface area contributed by atoms with Gasteiger partial charge in [-0.15, -0.1) is 0 Å². The summed E-state index contributed by atoms with van der Waals surface area (Å²) in [6, 6.07) is 0. The van der Waals surface area contributed by atoms with E-state index in [1.165, 1.54) is 0 Å². The molecule has 1 aliphatic heterocycles. The van der Waals surface area contributed by atoms with Crippen LogP contribution in [0.3, 0.4) is 0 Å². The van der Waals surface area contributed by atoms with Crippen LogP contribution in [0.25, 0.3) is 0 Å². The number of hydrogen-bond donors (Lipinski definition) is 2. The van der Waals surface area contributed by atoms with Gasteiger partial charge in [-0.25, -0.2) is 0 Å². The summed E-state index contributed by atoms with van der Waals surface area (Å²) in [5.41, 5.74) is 0. The first-order chi connectivity index (χ1) is 6.74. The maximum atomic E-state index is 11.5. The first-order valence-electron chi connectivity index (χ1n) is 5.28. The van der Waals surface area contributed by atoms with Crippen molar-refractivity contribution in [2.24, 2.45) is 5.92 Å².